The number of hydrogen-bond acceptors (Lipinski definition) is 3. The van der Waals surface area contributed by atoms with E-state index in [1.807, 2.05) is 24.3 Å². The van der Waals surface area contributed by atoms with Crippen LogP contribution in [-0.2, 0) is 4.74 Å². The summed E-state index contributed by atoms with van der Waals surface area (Å²) in [6.45, 7) is 12.3. The molecule has 0 radical (unpaired) electrons. The summed E-state index contributed by atoms with van der Waals surface area (Å²) in [6.07, 6.45) is -0.633. The summed E-state index contributed by atoms with van der Waals surface area (Å²) in [4.78, 5) is 15.3. The Labute approximate surface area is 181 Å². The topological polar surface area (TPSA) is 60.5 Å². The van der Waals surface area contributed by atoms with Gasteiger partial charge in [0.05, 0.1) is 18.0 Å². The van der Waals surface area contributed by atoms with Gasteiger partial charge in [-0.15, -0.1) is 5.10 Å². The molecule has 148 valence electrons. The third-order valence-electron chi connectivity index (χ3n) is 3.77. The van der Waals surface area contributed by atoms with Crippen molar-refractivity contribution in [2.24, 2.45) is 0 Å². The van der Waals surface area contributed by atoms with Gasteiger partial charge in [-0.05, 0) is 73.7 Å². The van der Waals surface area contributed by atoms with E-state index >= 15 is 0 Å². The second-order valence-corrected chi connectivity index (χ2v) is 8.45. The summed E-state index contributed by atoms with van der Waals surface area (Å²) >= 11 is 2.20. The number of carbonyl (C=O) groups is 1. The smallest absolute Gasteiger partial charge is 0.413 e. The number of carbonyl (C=O) groups excluding carboxylic acids is 1. The van der Waals surface area contributed by atoms with Gasteiger partial charge in [0.2, 0.25) is 5.69 Å². The number of aromatic nitrogens is 2. The molecule has 0 saturated heterocycles. The second-order valence-electron chi connectivity index (χ2n) is 7.21. The van der Waals surface area contributed by atoms with Crippen LogP contribution in [0.5, 0.6) is 0 Å². The molecule has 1 N–H and O–H groups in total. The van der Waals surface area contributed by atoms with Gasteiger partial charge in [0, 0.05) is 15.2 Å². The summed E-state index contributed by atoms with van der Waals surface area (Å²) in [6, 6.07) is 13.6. The second kappa shape index (κ2) is 8.21. The van der Waals surface area contributed by atoms with Crippen LogP contribution in [0.3, 0.4) is 0 Å². The molecule has 6 nitrogen and oxygen atoms in total. The average molecular weight is 504 g/mol. The lowest BCUT2D eigenvalue weighted by atomic mass is 10.1. The van der Waals surface area contributed by atoms with Gasteiger partial charge in [0.15, 0.2) is 5.82 Å². The number of anilines is 1. The number of nitrogens with one attached hydrogen (secondary N) is 1. The van der Waals surface area contributed by atoms with Crippen LogP contribution in [0.1, 0.15) is 20.8 Å². The molecule has 0 fully saturated rings. The Hall–Kier alpha value is -2.93. The van der Waals surface area contributed by atoms with Crippen molar-refractivity contribution in [1.29, 1.82) is 0 Å². The van der Waals surface area contributed by atoms with Crippen LogP contribution in [0, 0.1) is 16.0 Å². The van der Waals surface area contributed by atoms with Crippen LogP contribution in [0.2, 0.25) is 0 Å². The minimum Gasteiger partial charge on any atom is -0.444 e. The normalized spacial score (nSPS) is 11.0. The molecule has 0 saturated carbocycles. The summed E-state index contributed by atoms with van der Waals surface area (Å²) in [7, 11) is 0. The molecule has 0 aliphatic carbocycles. The van der Waals surface area contributed by atoms with Gasteiger partial charge in [0.25, 0.3) is 0 Å². The molecule has 0 aliphatic rings. The maximum absolute atomic E-state index is 14.2. The number of benzene rings is 2. The molecule has 29 heavy (non-hydrogen) atoms. The molecule has 1 aromatic heterocycles. The Kier molecular flexibility index (Phi) is 5.88. The van der Waals surface area contributed by atoms with Crippen molar-refractivity contribution in [1.82, 2.24) is 9.78 Å². The zero-order valence-electron chi connectivity index (χ0n) is 16.0. The van der Waals surface area contributed by atoms with Gasteiger partial charge in [-0.1, -0.05) is 12.1 Å². The minimum absolute atomic E-state index is 0.0545. The maximum atomic E-state index is 14.2. The van der Waals surface area contributed by atoms with E-state index in [0.29, 0.717) is 11.3 Å². The predicted octanol–water partition coefficient (Wildman–Crippen LogP) is 6.18. The quantitative estimate of drug-likeness (QED) is 0.342. The van der Waals surface area contributed by atoms with Crippen LogP contribution >= 0.6 is 22.6 Å². The van der Waals surface area contributed by atoms with Gasteiger partial charge < -0.3 is 4.74 Å². The standard InChI is InChI=1S/C21H18FIN4O2/c1-21(2,3)29-20(28)25-19-12-18(13-5-10-17(24-4)16(22)11-13)27(26-19)15-8-6-14(23)7-9-15/h5-12H,1-3H3,(H,25,26,28). The van der Waals surface area contributed by atoms with Gasteiger partial charge in [-0.3, -0.25) is 5.32 Å². The number of rotatable bonds is 3. The Balaban J connectivity index is 2.04. The first-order valence-electron chi connectivity index (χ1n) is 8.70. The average Bonchev–Trinajstić information content (AvgIpc) is 3.04. The molecule has 0 atom stereocenters. The van der Waals surface area contributed by atoms with Crippen LogP contribution in [0.4, 0.5) is 20.7 Å². The van der Waals surface area contributed by atoms with Gasteiger partial charge in [-0.25, -0.2) is 18.7 Å². The van der Waals surface area contributed by atoms with Crippen LogP contribution < -0.4 is 5.32 Å². The first-order chi connectivity index (χ1) is 13.7. The van der Waals surface area contributed by atoms with Crippen LogP contribution in [0.25, 0.3) is 21.8 Å². The van der Waals surface area contributed by atoms with Gasteiger partial charge in [-0.2, -0.15) is 0 Å². The highest BCUT2D eigenvalue weighted by molar-refractivity contribution is 14.1. The van der Waals surface area contributed by atoms with E-state index in [2.05, 4.69) is 37.9 Å². The van der Waals surface area contributed by atoms with Crippen LogP contribution in [0.15, 0.2) is 48.5 Å². The Bertz CT molecular complexity index is 1100. The zero-order chi connectivity index (χ0) is 21.2. The molecule has 1 heterocycles. The molecule has 0 unspecified atom stereocenters. The molecule has 3 rings (SSSR count). The summed E-state index contributed by atoms with van der Waals surface area (Å²) in [5.41, 5.74) is 1.13. The Morgan fingerprint density at radius 1 is 1.21 bits per heavy atom. The molecule has 1 amide bonds. The maximum Gasteiger partial charge on any atom is 0.413 e. The highest BCUT2D eigenvalue weighted by Crippen LogP contribution is 2.30. The third kappa shape index (κ3) is 5.12. The van der Waals surface area contributed by atoms with Crippen molar-refractivity contribution in [2.75, 3.05) is 5.32 Å². The van der Waals surface area contributed by atoms with Gasteiger partial charge >= 0.3 is 6.09 Å². The van der Waals surface area contributed by atoms with Crippen molar-refractivity contribution in [3.63, 3.8) is 0 Å². The highest BCUT2D eigenvalue weighted by atomic mass is 127. The summed E-state index contributed by atoms with van der Waals surface area (Å²) in [5.74, 6) is -0.350. The minimum atomic E-state index is -0.648. The number of hydrogen-bond donors (Lipinski definition) is 1. The van der Waals surface area contributed by atoms with Gasteiger partial charge in [0.1, 0.15) is 11.4 Å². The fourth-order valence-electron chi connectivity index (χ4n) is 2.59. The van der Waals surface area contributed by atoms with Crippen molar-refractivity contribution >= 4 is 40.2 Å². The fourth-order valence-corrected chi connectivity index (χ4v) is 2.95. The third-order valence-corrected chi connectivity index (χ3v) is 4.49. The van der Waals surface area contributed by atoms with Crippen molar-refractivity contribution in [2.45, 2.75) is 26.4 Å². The predicted molar refractivity (Wildman–Crippen MR) is 118 cm³/mol. The monoisotopic (exact) mass is 504 g/mol. The summed E-state index contributed by atoms with van der Waals surface area (Å²) < 4.78 is 22.1. The Morgan fingerprint density at radius 2 is 1.90 bits per heavy atom. The summed E-state index contributed by atoms with van der Waals surface area (Å²) in [5, 5.41) is 7.06. The molecule has 0 bridgehead atoms. The molecule has 8 heteroatoms. The lowest BCUT2D eigenvalue weighted by Crippen LogP contribution is -2.27. The van der Waals surface area contributed by atoms with E-state index in [1.165, 1.54) is 12.1 Å². The van der Waals surface area contributed by atoms with Crippen molar-refractivity contribution < 1.29 is 13.9 Å². The first kappa shape index (κ1) is 20.8. The zero-order valence-corrected chi connectivity index (χ0v) is 18.2. The molecule has 0 aliphatic heterocycles. The fraction of sp³-hybridized carbons (Fsp3) is 0.190. The Morgan fingerprint density at radius 3 is 2.48 bits per heavy atom. The van der Waals surface area contributed by atoms with E-state index in [-0.39, 0.29) is 11.5 Å². The van der Waals surface area contributed by atoms with E-state index < -0.39 is 17.5 Å². The number of nitrogens with zero attached hydrogens (tertiary/aromatic N) is 3. The van der Waals surface area contributed by atoms with Crippen molar-refractivity contribution in [3.8, 4) is 16.9 Å². The highest BCUT2D eigenvalue weighted by Gasteiger charge is 2.19. The first-order valence-corrected chi connectivity index (χ1v) is 9.77. The molecule has 3 aromatic rings. The van der Waals surface area contributed by atoms with E-state index in [1.54, 1.807) is 37.6 Å². The van der Waals surface area contributed by atoms with E-state index in [9.17, 15) is 9.18 Å². The molecule has 2 aromatic carbocycles. The van der Waals surface area contributed by atoms with E-state index in [4.69, 9.17) is 11.3 Å². The van der Waals surface area contributed by atoms with E-state index in [0.717, 1.165) is 9.26 Å². The lowest BCUT2D eigenvalue weighted by Gasteiger charge is -2.19. The molecule has 0 spiro atoms. The number of halogens is 2. The number of ether oxygens (including phenoxy) is 1. The lowest BCUT2D eigenvalue weighted by molar-refractivity contribution is 0.0635. The molecular weight excluding hydrogens is 486 g/mol. The largest absolute Gasteiger partial charge is 0.444 e. The SMILES string of the molecule is [C-]#[N+]c1ccc(-c2cc(NC(=O)OC(C)(C)C)nn2-c2ccc(I)cc2)cc1F. The molecular formula is C21H18FIN4O2. The van der Waals surface area contributed by atoms with Crippen LogP contribution in [-0.4, -0.2) is 21.5 Å². The van der Waals surface area contributed by atoms with Crippen molar-refractivity contribution in [3.05, 3.63) is 69.3 Å². The number of amides is 1.